The fraction of sp³-hybridized carbons (Fsp3) is 0.462. The van der Waals surface area contributed by atoms with Gasteiger partial charge in [0.1, 0.15) is 6.04 Å². The number of hydrogen-bond acceptors (Lipinski definition) is 2. The first-order chi connectivity index (χ1) is 8.20. The van der Waals surface area contributed by atoms with Crippen LogP contribution in [0.15, 0.2) is 18.2 Å². The molecule has 1 N–H and O–H groups in total. The fourth-order valence-corrected chi connectivity index (χ4v) is 3.04. The molecule has 4 heteroatoms. The van der Waals surface area contributed by atoms with Gasteiger partial charge in [-0.05, 0) is 24.1 Å². The molecule has 90 valence electrons. The Labute approximate surface area is 106 Å². The molecular formula is C13H15ClN2O. The van der Waals surface area contributed by atoms with Crippen molar-refractivity contribution in [3.63, 3.8) is 0 Å². The van der Waals surface area contributed by atoms with Crippen molar-refractivity contribution >= 4 is 23.2 Å². The van der Waals surface area contributed by atoms with Crippen LogP contribution in [0.1, 0.15) is 18.9 Å². The van der Waals surface area contributed by atoms with E-state index in [1.54, 1.807) is 0 Å². The highest BCUT2D eigenvalue weighted by atomic mass is 35.5. The number of halogens is 1. The lowest BCUT2D eigenvalue weighted by Gasteiger charge is -2.39. The molecule has 2 aliphatic heterocycles. The number of carbonyl (C=O) groups is 1. The summed E-state index contributed by atoms with van der Waals surface area (Å²) >= 11 is 6.05. The number of hydrogen-bond donors (Lipinski definition) is 1. The van der Waals surface area contributed by atoms with Gasteiger partial charge in [0, 0.05) is 29.7 Å². The van der Waals surface area contributed by atoms with Gasteiger partial charge < -0.3 is 10.2 Å². The summed E-state index contributed by atoms with van der Waals surface area (Å²) in [5.41, 5.74) is 2.37. The molecule has 1 amide bonds. The Bertz CT molecular complexity index is 474. The molecule has 2 heterocycles. The molecule has 0 aromatic heterocycles. The first kappa shape index (κ1) is 10.9. The number of fused-ring (bicyclic) bond motifs is 3. The first-order valence-corrected chi connectivity index (χ1v) is 6.43. The van der Waals surface area contributed by atoms with Crippen LogP contribution in [0.4, 0.5) is 5.69 Å². The quantitative estimate of drug-likeness (QED) is 0.827. The number of carbonyl (C=O) groups excluding carboxylic acids is 1. The Morgan fingerprint density at radius 1 is 1.53 bits per heavy atom. The van der Waals surface area contributed by atoms with Gasteiger partial charge in [0.25, 0.3) is 0 Å². The Balaban J connectivity index is 2.06. The zero-order valence-corrected chi connectivity index (χ0v) is 10.5. The van der Waals surface area contributed by atoms with Gasteiger partial charge in [0.05, 0.1) is 0 Å². The Kier molecular flexibility index (Phi) is 2.51. The first-order valence-electron chi connectivity index (χ1n) is 6.05. The van der Waals surface area contributed by atoms with E-state index in [4.69, 9.17) is 11.6 Å². The van der Waals surface area contributed by atoms with Crippen molar-refractivity contribution in [1.82, 2.24) is 5.32 Å². The SMILES string of the molecule is CC[C@@H]1CNC(=O)[C@@H]2Cc3ccc(Cl)cc3N12. The molecule has 2 atom stereocenters. The lowest BCUT2D eigenvalue weighted by atomic mass is 10.1. The van der Waals surface area contributed by atoms with Crippen molar-refractivity contribution in [2.45, 2.75) is 31.8 Å². The van der Waals surface area contributed by atoms with Crippen LogP contribution >= 0.6 is 11.6 Å². The van der Waals surface area contributed by atoms with Gasteiger partial charge >= 0.3 is 0 Å². The zero-order chi connectivity index (χ0) is 12.0. The summed E-state index contributed by atoms with van der Waals surface area (Å²) in [5.74, 6) is 0.141. The number of benzene rings is 1. The van der Waals surface area contributed by atoms with E-state index in [-0.39, 0.29) is 11.9 Å². The maximum Gasteiger partial charge on any atom is 0.243 e. The fourth-order valence-electron chi connectivity index (χ4n) is 2.87. The molecule has 0 unspecified atom stereocenters. The average Bonchev–Trinajstić information content (AvgIpc) is 2.70. The van der Waals surface area contributed by atoms with Gasteiger partial charge in [-0.3, -0.25) is 4.79 Å². The largest absolute Gasteiger partial charge is 0.354 e. The summed E-state index contributed by atoms with van der Waals surface area (Å²) < 4.78 is 0. The van der Waals surface area contributed by atoms with E-state index < -0.39 is 0 Å². The summed E-state index contributed by atoms with van der Waals surface area (Å²) in [4.78, 5) is 14.2. The van der Waals surface area contributed by atoms with Gasteiger partial charge in [-0.2, -0.15) is 0 Å². The van der Waals surface area contributed by atoms with Crippen LogP contribution in [0, 0.1) is 0 Å². The minimum Gasteiger partial charge on any atom is -0.354 e. The molecule has 1 saturated heterocycles. The van der Waals surface area contributed by atoms with Crippen LogP contribution in [0.3, 0.4) is 0 Å². The van der Waals surface area contributed by atoms with E-state index in [1.807, 2.05) is 18.2 Å². The molecule has 2 aliphatic rings. The lowest BCUT2D eigenvalue weighted by molar-refractivity contribution is -0.123. The molecule has 3 rings (SSSR count). The van der Waals surface area contributed by atoms with Gasteiger partial charge in [-0.1, -0.05) is 24.6 Å². The van der Waals surface area contributed by atoms with Gasteiger partial charge in [0.2, 0.25) is 5.91 Å². The molecular weight excluding hydrogens is 236 g/mol. The zero-order valence-electron chi connectivity index (χ0n) is 9.74. The van der Waals surface area contributed by atoms with Gasteiger partial charge in [0.15, 0.2) is 0 Å². The molecule has 1 aromatic carbocycles. The predicted octanol–water partition coefficient (Wildman–Crippen LogP) is 1.98. The summed E-state index contributed by atoms with van der Waals surface area (Å²) in [5, 5.41) is 3.73. The molecule has 1 fully saturated rings. The monoisotopic (exact) mass is 250 g/mol. The second kappa shape index (κ2) is 3.91. The minimum atomic E-state index is -0.0397. The number of amides is 1. The molecule has 3 nitrogen and oxygen atoms in total. The van der Waals surface area contributed by atoms with E-state index >= 15 is 0 Å². The maximum absolute atomic E-state index is 11.9. The van der Waals surface area contributed by atoms with E-state index in [0.29, 0.717) is 6.04 Å². The number of piperazine rings is 1. The van der Waals surface area contributed by atoms with E-state index in [1.165, 1.54) is 5.56 Å². The molecule has 17 heavy (non-hydrogen) atoms. The second-order valence-electron chi connectivity index (χ2n) is 4.71. The number of nitrogens with zero attached hydrogens (tertiary/aromatic N) is 1. The van der Waals surface area contributed by atoms with Crippen molar-refractivity contribution in [2.24, 2.45) is 0 Å². The molecule has 0 bridgehead atoms. The van der Waals surface area contributed by atoms with E-state index in [0.717, 1.165) is 30.1 Å². The third-order valence-corrected chi connectivity index (χ3v) is 3.99. The second-order valence-corrected chi connectivity index (χ2v) is 5.14. The normalized spacial score (nSPS) is 26.5. The molecule has 0 spiro atoms. The Morgan fingerprint density at radius 2 is 2.35 bits per heavy atom. The highest BCUT2D eigenvalue weighted by Crippen LogP contribution is 2.37. The molecule has 0 saturated carbocycles. The van der Waals surface area contributed by atoms with Crippen LogP contribution in [-0.4, -0.2) is 24.5 Å². The Hall–Kier alpha value is -1.22. The molecule has 0 radical (unpaired) electrons. The smallest absolute Gasteiger partial charge is 0.243 e. The van der Waals surface area contributed by atoms with Crippen molar-refractivity contribution < 1.29 is 4.79 Å². The van der Waals surface area contributed by atoms with Gasteiger partial charge in [-0.15, -0.1) is 0 Å². The van der Waals surface area contributed by atoms with E-state index in [2.05, 4.69) is 17.1 Å². The van der Waals surface area contributed by atoms with Crippen molar-refractivity contribution in [3.8, 4) is 0 Å². The van der Waals surface area contributed by atoms with Crippen LogP contribution in [0.25, 0.3) is 0 Å². The minimum absolute atomic E-state index is 0.0397. The van der Waals surface area contributed by atoms with Crippen LogP contribution in [-0.2, 0) is 11.2 Å². The highest BCUT2D eigenvalue weighted by Gasteiger charge is 2.41. The summed E-state index contributed by atoms with van der Waals surface area (Å²) in [6, 6.07) is 6.27. The lowest BCUT2D eigenvalue weighted by Crippen LogP contribution is -2.59. The van der Waals surface area contributed by atoms with Crippen molar-refractivity contribution in [3.05, 3.63) is 28.8 Å². The molecule has 0 aliphatic carbocycles. The molecule has 1 aromatic rings. The number of rotatable bonds is 1. The topological polar surface area (TPSA) is 32.3 Å². The number of nitrogens with one attached hydrogen (secondary N) is 1. The van der Waals surface area contributed by atoms with Crippen LogP contribution in [0.5, 0.6) is 0 Å². The van der Waals surface area contributed by atoms with E-state index in [9.17, 15) is 4.79 Å². The third-order valence-electron chi connectivity index (χ3n) is 3.75. The van der Waals surface area contributed by atoms with Crippen LogP contribution < -0.4 is 10.2 Å². The highest BCUT2D eigenvalue weighted by molar-refractivity contribution is 6.31. The number of anilines is 1. The predicted molar refractivity (Wildman–Crippen MR) is 68.5 cm³/mol. The maximum atomic E-state index is 11.9. The summed E-state index contributed by atoms with van der Waals surface area (Å²) in [6.07, 6.45) is 1.83. The standard InChI is InChI=1S/C13H15ClN2O/c1-2-10-7-15-13(17)12-5-8-3-4-9(14)6-11(8)16(10)12/h3-4,6,10,12H,2,5,7H2,1H3,(H,15,17)/t10-,12+/m1/s1. The van der Waals surface area contributed by atoms with Gasteiger partial charge in [-0.25, -0.2) is 0 Å². The Morgan fingerprint density at radius 3 is 3.12 bits per heavy atom. The summed E-state index contributed by atoms with van der Waals surface area (Å²) in [6.45, 7) is 2.89. The van der Waals surface area contributed by atoms with Crippen LogP contribution in [0.2, 0.25) is 5.02 Å². The van der Waals surface area contributed by atoms with Crippen molar-refractivity contribution in [1.29, 1.82) is 0 Å². The third kappa shape index (κ3) is 1.61. The average molecular weight is 251 g/mol. The van der Waals surface area contributed by atoms with Crippen molar-refractivity contribution in [2.75, 3.05) is 11.4 Å². The summed E-state index contributed by atoms with van der Waals surface area (Å²) in [7, 11) is 0.